The average molecular weight is 278 g/mol. The number of ether oxygens (including phenoxy) is 1. The quantitative estimate of drug-likeness (QED) is 0.762. The summed E-state index contributed by atoms with van der Waals surface area (Å²) in [5.74, 6) is -0.272. The summed E-state index contributed by atoms with van der Waals surface area (Å²) < 4.78 is 5.44. The van der Waals surface area contributed by atoms with Gasteiger partial charge in [-0.3, -0.25) is 4.79 Å². The molecule has 1 aliphatic carbocycles. The van der Waals surface area contributed by atoms with Crippen LogP contribution in [0, 0.1) is 6.92 Å². The minimum absolute atomic E-state index is 0.00796. The van der Waals surface area contributed by atoms with Crippen LogP contribution in [0.5, 0.6) is 5.75 Å². The van der Waals surface area contributed by atoms with Crippen molar-refractivity contribution in [2.24, 2.45) is 0 Å². The number of hydrogen-bond donors (Lipinski definition) is 3. The Kier molecular flexibility index (Phi) is 4.23. The van der Waals surface area contributed by atoms with Crippen molar-refractivity contribution in [3.8, 4) is 5.75 Å². The third-order valence-electron chi connectivity index (χ3n) is 3.52. The summed E-state index contributed by atoms with van der Waals surface area (Å²) in [6, 6.07) is 5.06. The van der Waals surface area contributed by atoms with Crippen LogP contribution >= 0.6 is 0 Å². The van der Waals surface area contributed by atoms with Crippen LogP contribution in [0.25, 0.3) is 0 Å². The van der Waals surface area contributed by atoms with Crippen LogP contribution in [0.15, 0.2) is 29.8 Å². The Morgan fingerprint density at radius 2 is 1.95 bits per heavy atom. The van der Waals surface area contributed by atoms with Crippen LogP contribution < -0.4 is 0 Å². The molecule has 0 bridgehead atoms. The normalized spacial score (nSPS) is 26.5. The summed E-state index contributed by atoms with van der Waals surface area (Å²) in [5, 5.41) is 29.2. The number of aromatic hydroxyl groups is 1. The lowest BCUT2D eigenvalue weighted by Gasteiger charge is -2.29. The molecule has 5 nitrogen and oxygen atoms in total. The van der Waals surface area contributed by atoms with E-state index in [4.69, 9.17) is 4.74 Å². The molecule has 0 saturated carbocycles. The van der Waals surface area contributed by atoms with Gasteiger partial charge < -0.3 is 20.1 Å². The Morgan fingerprint density at radius 1 is 1.25 bits per heavy atom. The van der Waals surface area contributed by atoms with E-state index < -0.39 is 18.3 Å². The number of aryl methyl sites for hydroxylation is 1. The van der Waals surface area contributed by atoms with Crippen molar-refractivity contribution in [2.45, 2.75) is 38.8 Å². The lowest BCUT2D eigenvalue weighted by Crippen LogP contribution is -2.47. The van der Waals surface area contributed by atoms with Crippen molar-refractivity contribution in [3.05, 3.63) is 41.0 Å². The second kappa shape index (κ2) is 5.75. The summed E-state index contributed by atoms with van der Waals surface area (Å²) >= 11 is 0. The highest BCUT2D eigenvalue weighted by molar-refractivity contribution is 5.99. The average Bonchev–Trinajstić information content (AvgIpc) is 2.39. The van der Waals surface area contributed by atoms with Gasteiger partial charge in [0.05, 0.1) is 6.61 Å². The molecule has 0 spiro atoms. The molecular weight excluding hydrogens is 260 g/mol. The molecule has 0 aliphatic heterocycles. The van der Waals surface area contributed by atoms with Gasteiger partial charge in [-0.1, -0.05) is 12.1 Å². The van der Waals surface area contributed by atoms with E-state index in [0.717, 1.165) is 5.56 Å². The number of aliphatic hydroxyl groups is 2. The first-order valence-electron chi connectivity index (χ1n) is 6.39. The molecule has 20 heavy (non-hydrogen) atoms. The summed E-state index contributed by atoms with van der Waals surface area (Å²) in [6.45, 7) is 3.38. The SMILES string of the molecule is CC1=C[C@@H](O)[C@@H](O)[C@H](OCc2c(C)cccc2O)C1=O. The zero-order valence-corrected chi connectivity index (χ0v) is 11.4. The third-order valence-corrected chi connectivity index (χ3v) is 3.52. The van der Waals surface area contributed by atoms with Gasteiger partial charge in [0.1, 0.15) is 24.1 Å². The highest BCUT2D eigenvalue weighted by Crippen LogP contribution is 2.24. The first-order valence-corrected chi connectivity index (χ1v) is 6.39. The zero-order chi connectivity index (χ0) is 14.9. The maximum Gasteiger partial charge on any atom is 0.189 e. The molecule has 0 radical (unpaired) electrons. The Balaban J connectivity index is 2.14. The number of hydrogen-bond acceptors (Lipinski definition) is 5. The van der Waals surface area contributed by atoms with Gasteiger partial charge in [-0.15, -0.1) is 0 Å². The molecule has 0 heterocycles. The van der Waals surface area contributed by atoms with E-state index in [1.807, 2.05) is 13.0 Å². The van der Waals surface area contributed by atoms with Crippen LogP contribution in [0.3, 0.4) is 0 Å². The monoisotopic (exact) mass is 278 g/mol. The topological polar surface area (TPSA) is 87.0 Å². The number of rotatable bonds is 3. The van der Waals surface area contributed by atoms with Crippen LogP contribution in [0.4, 0.5) is 0 Å². The molecule has 0 saturated heterocycles. The molecule has 0 aromatic heterocycles. The van der Waals surface area contributed by atoms with Gasteiger partial charge >= 0.3 is 0 Å². The summed E-state index contributed by atoms with van der Waals surface area (Å²) in [5.41, 5.74) is 1.76. The standard InChI is InChI=1S/C15H18O5/c1-8-4-3-5-11(16)10(8)7-20-15-13(18)9(2)6-12(17)14(15)19/h3-6,12,14-17,19H,7H2,1-2H3/t12-,14-,15-/m1/s1. The van der Waals surface area contributed by atoms with Gasteiger partial charge in [-0.05, 0) is 37.1 Å². The van der Waals surface area contributed by atoms with E-state index in [-0.39, 0.29) is 18.1 Å². The summed E-state index contributed by atoms with van der Waals surface area (Å²) in [6.07, 6.45) is -2.22. The second-order valence-electron chi connectivity index (χ2n) is 5.00. The van der Waals surface area contributed by atoms with Crippen molar-refractivity contribution >= 4 is 5.78 Å². The maximum absolute atomic E-state index is 11.9. The van der Waals surface area contributed by atoms with Crippen molar-refractivity contribution in [1.29, 1.82) is 0 Å². The second-order valence-corrected chi connectivity index (χ2v) is 5.00. The minimum Gasteiger partial charge on any atom is -0.508 e. The number of phenols is 1. The molecule has 0 amide bonds. The number of benzene rings is 1. The van der Waals surface area contributed by atoms with Crippen molar-refractivity contribution in [2.75, 3.05) is 0 Å². The van der Waals surface area contributed by atoms with Crippen LogP contribution in [-0.2, 0) is 16.1 Å². The summed E-state index contributed by atoms with van der Waals surface area (Å²) in [4.78, 5) is 11.9. The van der Waals surface area contributed by atoms with Crippen LogP contribution in [0.2, 0.25) is 0 Å². The number of carbonyl (C=O) groups excluding carboxylic acids is 1. The van der Waals surface area contributed by atoms with E-state index in [2.05, 4.69) is 0 Å². The Morgan fingerprint density at radius 3 is 2.60 bits per heavy atom. The highest BCUT2D eigenvalue weighted by Gasteiger charge is 2.37. The molecule has 5 heteroatoms. The summed E-state index contributed by atoms with van der Waals surface area (Å²) in [7, 11) is 0. The highest BCUT2D eigenvalue weighted by atomic mass is 16.5. The smallest absolute Gasteiger partial charge is 0.189 e. The van der Waals surface area contributed by atoms with Gasteiger partial charge in [0.25, 0.3) is 0 Å². The van der Waals surface area contributed by atoms with E-state index in [1.165, 1.54) is 12.1 Å². The largest absolute Gasteiger partial charge is 0.508 e. The zero-order valence-electron chi connectivity index (χ0n) is 11.4. The molecular formula is C15H18O5. The minimum atomic E-state index is -1.29. The maximum atomic E-state index is 11.9. The predicted octanol–water partition coefficient (Wildman–Crippen LogP) is 0.837. The van der Waals surface area contributed by atoms with Gasteiger partial charge in [0, 0.05) is 5.56 Å². The molecule has 3 atom stereocenters. The lowest BCUT2D eigenvalue weighted by atomic mass is 9.91. The fourth-order valence-corrected chi connectivity index (χ4v) is 2.22. The number of Topliss-reactive ketones (excluding diaryl/α,β-unsaturated/α-hetero) is 1. The first-order chi connectivity index (χ1) is 9.41. The van der Waals surface area contributed by atoms with Crippen LogP contribution in [-0.4, -0.2) is 39.4 Å². The molecule has 1 aromatic rings. The Hall–Kier alpha value is -1.69. The van der Waals surface area contributed by atoms with E-state index in [9.17, 15) is 20.1 Å². The van der Waals surface area contributed by atoms with Gasteiger partial charge in [-0.2, -0.15) is 0 Å². The van der Waals surface area contributed by atoms with Gasteiger partial charge in [-0.25, -0.2) is 0 Å². The van der Waals surface area contributed by atoms with Gasteiger partial charge in [0.2, 0.25) is 0 Å². The van der Waals surface area contributed by atoms with Gasteiger partial charge in [0.15, 0.2) is 5.78 Å². The molecule has 3 N–H and O–H groups in total. The first kappa shape index (κ1) is 14.7. The molecule has 2 rings (SSSR count). The lowest BCUT2D eigenvalue weighted by molar-refractivity contribution is -0.144. The van der Waals surface area contributed by atoms with E-state index in [0.29, 0.717) is 11.1 Å². The fraction of sp³-hybridized carbons (Fsp3) is 0.400. The molecule has 1 aliphatic rings. The number of phenolic OH excluding ortho intramolecular Hbond substituents is 1. The molecule has 108 valence electrons. The van der Waals surface area contributed by atoms with Crippen LogP contribution in [0.1, 0.15) is 18.1 Å². The van der Waals surface area contributed by atoms with Crippen molar-refractivity contribution in [3.63, 3.8) is 0 Å². The molecule has 0 unspecified atom stereocenters. The number of carbonyl (C=O) groups is 1. The predicted molar refractivity (Wildman–Crippen MR) is 72.2 cm³/mol. The Bertz CT molecular complexity index is 529. The van der Waals surface area contributed by atoms with Crippen molar-refractivity contribution < 1.29 is 24.9 Å². The number of aliphatic hydroxyl groups excluding tert-OH is 2. The molecule has 0 fully saturated rings. The third kappa shape index (κ3) is 2.75. The fourth-order valence-electron chi connectivity index (χ4n) is 2.22. The van der Waals surface area contributed by atoms with E-state index >= 15 is 0 Å². The van der Waals surface area contributed by atoms with E-state index in [1.54, 1.807) is 13.0 Å². The molecule has 1 aromatic carbocycles. The number of ketones is 1. The van der Waals surface area contributed by atoms with Crippen molar-refractivity contribution in [1.82, 2.24) is 0 Å². The Labute approximate surface area is 117 Å².